The van der Waals surface area contributed by atoms with E-state index in [2.05, 4.69) is 0 Å². The van der Waals surface area contributed by atoms with Gasteiger partial charge in [0.05, 0.1) is 8.48 Å². The molecule has 0 radical (unpaired) electrons. The number of imide groups is 1. The summed E-state index contributed by atoms with van der Waals surface area (Å²) in [6.07, 6.45) is 2.22. The summed E-state index contributed by atoms with van der Waals surface area (Å²) in [5, 5.41) is 10.2. The third-order valence-corrected chi connectivity index (χ3v) is 4.61. The minimum atomic E-state index is -0.323. The number of benzene rings is 1. The number of aromatic hydroxyl groups is 1. The van der Waals surface area contributed by atoms with Crippen molar-refractivity contribution in [1.82, 2.24) is 4.90 Å². The topological polar surface area (TPSA) is 57.6 Å². The van der Waals surface area contributed by atoms with Crippen molar-refractivity contribution in [3.05, 3.63) is 31.2 Å². The number of phenolic OH excluding ortho intramolecular Hbond substituents is 1. The van der Waals surface area contributed by atoms with Crippen molar-refractivity contribution < 1.29 is 14.7 Å². The molecule has 1 aromatic carbocycles. The molecule has 0 atom stereocenters. The molecule has 1 aliphatic heterocycles. The molecule has 7 heteroatoms. The number of amides is 2. The molecule has 4 nitrogen and oxygen atoms in total. The lowest BCUT2D eigenvalue weighted by atomic mass is 10.2. The highest BCUT2D eigenvalue weighted by Gasteiger charge is 2.34. The van der Waals surface area contributed by atoms with E-state index >= 15 is 0 Å². The fourth-order valence-corrected chi connectivity index (χ4v) is 3.67. The van der Waals surface area contributed by atoms with Crippen molar-refractivity contribution in [2.75, 3.05) is 6.54 Å². The highest BCUT2D eigenvalue weighted by molar-refractivity contribution is 14.1. The van der Waals surface area contributed by atoms with Gasteiger partial charge in [0, 0.05) is 17.1 Å². The summed E-state index contributed by atoms with van der Waals surface area (Å²) in [5.41, 5.74) is 0.434. The Morgan fingerprint density at radius 3 is 2.80 bits per heavy atom. The number of hydrogen-bond acceptors (Lipinski definition) is 4. The minimum Gasteiger partial charge on any atom is -0.506 e. The van der Waals surface area contributed by atoms with Gasteiger partial charge in [0.2, 0.25) is 0 Å². The average molecular weight is 424 g/mol. The lowest BCUT2D eigenvalue weighted by Crippen LogP contribution is -2.28. The van der Waals surface area contributed by atoms with Crippen LogP contribution in [-0.2, 0) is 4.79 Å². The Kier molecular flexibility index (Phi) is 4.98. The summed E-state index contributed by atoms with van der Waals surface area (Å²) < 4.78 is 0.592. The summed E-state index contributed by atoms with van der Waals surface area (Å²) in [6, 6.07) is 3.18. The Labute approximate surface area is 139 Å². The lowest BCUT2D eigenvalue weighted by Gasteiger charge is -2.09. The monoisotopic (exact) mass is 423 g/mol. The van der Waals surface area contributed by atoms with Gasteiger partial charge in [-0.05, 0) is 59.0 Å². The highest BCUT2D eigenvalue weighted by Crippen LogP contribution is 2.36. The van der Waals surface area contributed by atoms with E-state index in [1.807, 2.05) is 29.5 Å². The molecule has 1 aromatic rings. The maximum Gasteiger partial charge on any atom is 0.293 e. The molecule has 0 aromatic heterocycles. The van der Waals surface area contributed by atoms with Crippen LogP contribution < -0.4 is 0 Å². The van der Waals surface area contributed by atoms with Crippen LogP contribution in [0.4, 0.5) is 4.79 Å². The third-order valence-electron chi connectivity index (χ3n) is 2.67. The van der Waals surface area contributed by atoms with Crippen LogP contribution in [0.5, 0.6) is 5.75 Å². The molecule has 0 bridgehead atoms. The first-order chi connectivity index (χ1) is 9.43. The second-order valence-electron chi connectivity index (χ2n) is 4.16. The van der Waals surface area contributed by atoms with Gasteiger partial charge in [-0.25, -0.2) is 0 Å². The van der Waals surface area contributed by atoms with E-state index in [0.717, 1.165) is 11.8 Å². The zero-order valence-electron chi connectivity index (χ0n) is 10.5. The summed E-state index contributed by atoms with van der Waals surface area (Å²) in [4.78, 5) is 25.3. The number of hydrogen-bond donors (Lipinski definition) is 1. The van der Waals surface area contributed by atoms with Crippen LogP contribution in [0.25, 0.3) is 6.08 Å². The van der Waals surface area contributed by atoms with Gasteiger partial charge in [-0.2, -0.15) is 0 Å². The first kappa shape index (κ1) is 15.7. The first-order valence-corrected chi connectivity index (χ1v) is 8.14. The predicted octanol–water partition coefficient (Wildman–Crippen LogP) is 4.10. The number of halogens is 2. The first-order valence-electron chi connectivity index (χ1n) is 5.87. The van der Waals surface area contributed by atoms with Gasteiger partial charge in [0.1, 0.15) is 5.75 Å². The van der Waals surface area contributed by atoms with Crippen LogP contribution in [0.1, 0.15) is 18.9 Å². The van der Waals surface area contributed by atoms with Crippen molar-refractivity contribution in [2.45, 2.75) is 13.3 Å². The third kappa shape index (κ3) is 3.12. The maximum absolute atomic E-state index is 12.1. The molecule has 1 N–H and O–H groups in total. The van der Waals surface area contributed by atoms with Crippen LogP contribution >= 0.6 is 46.0 Å². The Bertz CT molecular complexity index is 618. The highest BCUT2D eigenvalue weighted by atomic mass is 127. The van der Waals surface area contributed by atoms with Crippen LogP contribution in [0.2, 0.25) is 5.02 Å². The zero-order chi connectivity index (χ0) is 14.9. The molecule has 0 unspecified atom stereocenters. The molecular weight excluding hydrogens is 413 g/mol. The lowest BCUT2D eigenvalue weighted by molar-refractivity contribution is -0.122. The molecule has 0 saturated carbocycles. The number of phenols is 1. The van der Waals surface area contributed by atoms with E-state index in [4.69, 9.17) is 11.6 Å². The Hall–Kier alpha value is -0.730. The maximum atomic E-state index is 12.1. The molecule has 2 rings (SSSR count). The number of rotatable bonds is 3. The summed E-state index contributed by atoms with van der Waals surface area (Å²) in [7, 11) is 0. The number of carbonyl (C=O) groups excluding carboxylic acids is 2. The molecule has 2 amide bonds. The van der Waals surface area contributed by atoms with Crippen molar-refractivity contribution in [1.29, 1.82) is 0 Å². The molecule has 20 heavy (non-hydrogen) atoms. The van der Waals surface area contributed by atoms with Crippen LogP contribution in [0, 0.1) is 3.57 Å². The van der Waals surface area contributed by atoms with Gasteiger partial charge in [-0.15, -0.1) is 0 Å². The normalized spacial score (nSPS) is 17.4. The SMILES string of the molecule is CCCN1C(=O)S/C(=C/c2cc(Cl)cc(I)c2O)C1=O. The fourth-order valence-electron chi connectivity index (χ4n) is 1.75. The van der Waals surface area contributed by atoms with E-state index in [9.17, 15) is 14.7 Å². The van der Waals surface area contributed by atoms with E-state index in [0.29, 0.717) is 32.0 Å². The molecule has 0 spiro atoms. The van der Waals surface area contributed by atoms with Crippen molar-refractivity contribution in [3.63, 3.8) is 0 Å². The van der Waals surface area contributed by atoms with E-state index < -0.39 is 0 Å². The van der Waals surface area contributed by atoms with E-state index in [1.165, 1.54) is 11.0 Å². The van der Waals surface area contributed by atoms with Crippen LogP contribution in [0.15, 0.2) is 17.0 Å². The van der Waals surface area contributed by atoms with Crippen molar-refractivity contribution in [2.24, 2.45) is 0 Å². The number of nitrogens with zero attached hydrogens (tertiary/aromatic N) is 1. The molecule has 1 saturated heterocycles. The minimum absolute atomic E-state index is 0.0530. The molecule has 1 aliphatic rings. The van der Waals surface area contributed by atoms with Crippen molar-refractivity contribution >= 4 is 63.2 Å². The second kappa shape index (κ2) is 6.36. The van der Waals surface area contributed by atoms with Gasteiger partial charge in [0.15, 0.2) is 0 Å². The smallest absolute Gasteiger partial charge is 0.293 e. The molecular formula is C13H11ClINO3S. The number of thioether (sulfide) groups is 1. The van der Waals surface area contributed by atoms with E-state index in [-0.39, 0.29) is 16.9 Å². The Morgan fingerprint density at radius 1 is 1.45 bits per heavy atom. The van der Waals surface area contributed by atoms with Crippen LogP contribution in [-0.4, -0.2) is 27.7 Å². The Balaban J connectivity index is 2.38. The van der Waals surface area contributed by atoms with Gasteiger partial charge >= 0.3 is 0 Å². The predicted molar refractivity (Wildman–Crippen MR) is 88.8 cm³/mol. The molecule has 1 fully saturated rings. The second-order valence-corrected chi connectivity index (χ2v) is 6.75. The summed E-state index contributed by atoms with van der Waals surface area (Å²) >= 11 is 8.77. The zero-order valence-corrected chi connectivity index (χ0v) is 14.3. The average Bonchev–Trinajstić information content (AvgIpc) is 2.63. The van der Waals surface area contributed by atoms with E-state index in [1.54, 1.807) is 12.1 Å². The summed E-state index contributed by atoms with van der Waals surface area (Å²) in [6.45, 7) is 2.30. The standard InChI is InChI=1S/C13H11ClINO3S/c1-2-3-16-12(18)10(20-13(16)19)5-7-4-8(14)6-9(15)11(7)17/h4-6,17H,2-3H2,1H3/b10-5+. The fraction of sp³-hybridized carbons (Fsp3) is 0.231. The van der Waals surface area contributed by atoms with Crippen molar-refractivity contribution in [3.8, 4) is 5.75 Å². The molecule has 1 heterocycles. The quantitative estimate of drug-likeness (QED) is 0.587. The van der Waals surface area contributed by atoms with Gasteiger partial charge in [0.25, 0.3) is 11.1 Å². The van der Waals surface area contributed by atoms with Gasteiger partial charge < -0.3 is 5.11 Å². The van der Waals surface area contributed by atoms with Gasteiger partial charge in [-0.1, -0.05) is 18.5 Å². The van der Waals surface area contributed by atoms with Gasteiger partial charge in [-0.3, -0.25) is 14.5 Å². The molecule has 0 aliphatic carbocycles. The molecule has 106 valence electrons. The largest absolute Gasteiger partial charge is 0.506 e. The Morgan fingerprint density at radius 2 is 2.15 bits per heavy atom. The van der Waals surface area contributed by atoms with Crippen LogP contribution in [0.3, 0.4) is 0 Å². The number of carbonyl (C=O) groups is 2. The summed E-state index contributed by atoms with van der Waals surface area (Å²) in [5.74, 6) is -0.270.